The van der Waals surface area contributed by atoms with Gasteiger partial charge < -0.3 is 13.9 Å². The third kappa shape index (κ3) is 3.98. The Hall–Kier alpha value is -4.91. The first-order chi connectivity index (χ1) is 18.5. The zero-order chi connectivity index (χ0) is 26.2. The molecule has 188 valence electrons. The van der Waals surface area contributed by atoms with Gasteiger partial charge in [0.1, 0.15) is 18.0 Å². The molecule has 1 aliphatic heterocycles. The number of aromatic nitrogens is 1. The van der Waals surface area contributed by atoms with Gasteiger partial charge in [-0.05, 0) is 54.4 Å². The number of rotatable bonds is 6. The highest BCUT2D eigenvalue weighted by molar-refractivity contribution is 6.10. The molecule has 7 heteroatoms. The summed E-state index contributed by atoms with van der Waals surface area (Å²) >= 11 is 0. The van der Waals surface area contributed by atoms with E-state index in [0.717, 1.165) is 11.1 Å². The van der Waals surface area contributed by atoms with E-state index in [9.17, 15) is 9.59 Å². The molecular formula is C31H24N2O5. The number of hydrogen-bond acceptors (Lipinski definition) is 6. The third-order valence-electron chi connectivity index (χ3n) is 6.66. The van der Waals surface area contributed by atoms with Crippen LogP contribution >= 0.6 is 0 Å². The number of anilines is 1. The summed E-state index contributed by atoms with van der Waals surface area (Å²) < 4.78 is 17.7. The molecule has 3 aromatic carbocycles. The Labute approximate surface area is 218 Å². The summed E-state index contributed by atoms with van der Waals surface area (Å²) in [5.74, 6) is 1.05. The number of methoxy groups -OCH3 is 1. The van der Waals surface area contributed by atoms with E-state index in [2.05, 4.69) is 4.98 Å². The van der Waals surface area contributed by atoms with Crippen LogP contribution in [0.1, 0.15) is 38.9 Å². The van der Waals surface area contributed by atoms with Crippen LogP contribution < -0.4 is 19.8 Å². The molecule has 0 saturated heterocycles. The minimum absolute atomic E-state index is 0.0189. The van der Waals surface area contributed by atoms with Crippen molar-refractivity contribution >= 4 is 22.7 Å². The minimum Gasteiger partial charge on any atom is -0.493 e. The second-order valence-corrected chi connectivity index (χ2v) is 9.12. The summed E-state index contributed by atoms with van der Waals surface area (Å²) in [6.45, 7) is 2.28. The van der Waals surface area contributed by atoms with Crippen LogP contribution in [0, 0.1) is 6.92 Å². The SMILES string of the molecule is COc1cc(C2c3c(oc4ccc(C)cc4c3=O)C(=O)N2c2ccccn2)ccc1OCc1ccccc1. The van der Waals surface area contributed by atoms with E-state index in [4.69, 9.17) is 13.9 Å². The van der Waals surface area contributed by atoms with E-state index in [1.54, 1.807) is 55.8 Å². The van der Waals surface area contributed by atoms with Crippen LogP contribution in [0.4, 0.5) is 5.82 Å². The zero-order valence-corrected chi connectivity index (χ0v) is 20.9. The van der Waals surface area contributed by atoms with E-state index in [1.807, 2.05) is 49.4 Å². The summed E-state index contributed by atoms with van der Waals surface area (Å²) in [7, 11) is 1.56. The number of pyridine rings is 1. The fourth-order valence-corrected chi connectivity index (χ4v) is 4.84. The summed E-state index contributed by atoms with van der Waals surface area (Å²) in [5.41, 5.74) is 3.02. The van der Waals surface area contributed by atoms with Gasteiger partial charge >= 0.3 is 0 Å². The third-order valence-corrected chi connectivity index (χ3v) is 6.66. The van der Waals surface area contributed by atoms with Crippen LogP contribution in [0.3, 0.4) is 0 Å². The van der Waals surface area contributed by atoms with E-state index >= 15 is 0 Å². The Bertz CT molecular complexity index is 1710. The Morgan fingerprint density at radius 1 is 0.921 bits per heavy atom. The van der Waals surface area contributed by atoms with Gasteiger partial charge in [0.15, 0.2) is 16.9 Å². The zero-order valence-electron chi connectivity index (χ0n) is 20.9. The van der Waals surface area contributed by atoms with Gasteiger partial charge in [0.25, 0.3) is 5.91 Å². The van der Waals surface area contributed by atoms with E-state index in [1.165, 1.54) is 4.90 Å². The lowest BCUT2D eigenvalue weighted by atomic mass is 9.97. The molecule has 0 N–H and O–H groups in total. The van der Waals surface area contributed by atoms with Gasteiger partial charge in [-0.2, -0.15) is 0 Å². The largest absolute Gasteiger partial charge is 0.493 e. The fraction of sp³-hybridized carbons (Fsp3) is 0.129. The molecular weight excluding hydrogens is 480 g/mol. The van der Waals surface area contributed by atoms with Crippen LogP contribution in [-0.2, 0) is 6.61 Å². The Morgan fingerprint density at radius 2 is 1.74 bits per heavy atom. The molecule has 0 radical (unpaired) electrons. The second-order valence-electron chi connectivity index (χ2n) is 9.12. The lowest BCUT2D eigenvalue weighted by Gasteiger charge is -2.25. The fourth-order valence-electron chi connectivity index (χ4n) is 4.84. The molecule has 1 aliphatic rings. The van der Waals surface area contributed by atoms with E-state index < -0.39 is 11.9 Å². The summed E-state index contributed by atoms with van der Waals surface area (Å²) in [5, 5.41) is 0.430. The Balaban J connectivity index is 1.49. The maximum atomic E-state index is 13.8. The number of carbonyl (C=O) groups excluding carboxylic acids is 1. The van der Waals surface area contributed by atoms with Crippen LogP contribution in [0.25, 0.3) is 11.0 Å². The van der Waals surface area contributed by atoms with Crippen LogP contribution in [-0.4, -0.2) is 18.0 Å². The molecule has 2 aromatic heterocycles. The molecule has 7 nitrogen and oxygen atoms in total. The second kappa shape index (κ2) is 9.52. The summed E-state index contributed by atoms with van der Waals surface area (Å²) in [6.07, 6.45) is 1.61. The summed E-state index contributed by atoms with van der Waals surface area (Å²) in [4.78, 5) is 33.5. The Kier molecular flexibility index (Phi) is 5.88. The first kappa shape index (κ1) is 23.5. The average Bonchev–Trinajstić information content (AvgIpc) is 3.25. The van der Waals surface area contributed by atoms with Crippen molar-refractivity contribution in [2.75, 3.05) is 12.0 Å². The van der Waals surface area contributed by atoms with Crippen molar-refractivity contribution in [1.29, 1.82) is 0 Å². The molecule has 1 atom stereocenters. The van der Waals surface area contributed by atoms with Gasteiger partial charge in [-0.3, -0.25) is 14.5 Å². The first-order valence-electron chi connectivity index (χ1n) is 12.2. The van der Waals surface area contributed by atoms with E-state index in [0.29, 0.717) is 40.5 Å². The van der Waals surface area contributed by atoms with Gasteiger partial charge in [0.2, 0.25) is 5.76 Å². The molecule has 0 fully saturated rings. The highest BCUT2D eigenvalue weighted by Gasteiger charge is 2.44. The predicted octanol–water partition coefficient (Wildman–Crippen LogP) is 5.83. The maximum Gasteiger partial charge on any atom is 0.296 e. The van der Waals surface area contributed by atoms with Gasteiger partial charge in [-0.15, -0.1) is 0 Å². The quantitative estimate of drug-likeness (QED) is 0.289. The van der Waals surface area contributed by atoms with Crippen LogP contribution in [0.15, 0.2) is 100 Å². The molecule has 0 saturated carbocycles. The number of carbonyl (C=O) groups is 1. The lowest BCUT2D eigenvalue weighted by molar-refractivity contribution is 0.0970. The molecule has 0 bridgehead atoms. The van der Waals surface area contributed by atoms with Gasteiger partial charge in [0, 0.05) is 6.20 Å². The number of nitrogens with zero attached hydrogens (tertiary/aromatic N) is 2. The molecule has 0 spiro atoms. The first-order valence-corrected chi connectivity index (χ1v) is 12.2. The highest BCUT2D eigenvalue weighted by atomic mass is 16.5. The molecule has 0 aliphatic carbocycles. The van der Waals surface area contributed by atoms with Gasteiger partial charge in [0.05, 0.1) is 24.1 Å². The predicted molar refractivity (Wildman–Crippen MR) is 144 cm³/mol. The number of ether oxygens (including phenoxy) is 2. The molecule has 1 unspecified atom stereocenters. The van der Waals surface area contributed by atoms with Crippen molar-refractivity contribution in [3.8, 4) is 11.5 Å². The van der Waals surface area contributed by atoms with E-state index in [-0.39, 0.29) is 16.8 Å². The van der Waals surface area contributed by atoms with Crippen molar-refractivity contribution in [2.45, 2.75) is 19.6 Å². The monoisotopic (exact) mass is 504 g/mol. The van der Waals surface area contributed by atoms with Crippen molar-refractivity contribution in [2.24, 2.45) is 0 Å². The average molecular weight is 505 g/mol. The number of fused-ring (bicyclic) bond motifs is 2. The standard InChI is InChI=1S/C31H24N2O5/c1-19-11-13-23-22(16-19)29(34)27-28(33(31(35)30(27)38-23)26-10-6-7-15-32-26)21-12-14-24(25(17-21)36-2)37-18-20-8-4-3-5-9-20/h3-17,28H,18H2,1-2H3. The normalized spacial score (nSPS) is 14.5. The topological polar surface area (TPSA) is 81.9 Å². The van der Waals surface area contributed by atoms with Crippen molar-refractivity contribution in [3.63, 3.8) is 0 Å². The molecule has 38 heavy (non-hydrogen) atoms. The lowest BCUT2D eigenvalue weighted by Crippen LogP contribution is -2.30. The molecule has 6 rings (SSSR count). The number of hydrogen-bond donors (Lipinski definition) is 0. The van der Waals surface area contributed by atoms with Gasteiger partial charge in [-0.25, -0.2) is 4.98 Å². The Morgan fingerprint density at radius 3 is 2.50 bits per heavy atom. The van der Waals surface area contributed by atoms with Crippen molar-refractivity contribution < 1.29 is 18.7 Å². The number of amides is 1. The highest BCUT2D eigenvalue weighted by Crippen LogP contribution is 2.42. The van der Waals surface area contributed by atoms with Crippen molar-refractivity contribution in [1.82, 2.24) is 4.98 Å². The van der Waals surface area contributed by atoms with Crippen LogP contribution in [0.2, 0.25) is 0 Å². The minimum atomic E-state index is -0.759. The van der Waals surface area contributed by atoms with Crippen LogP contribution in [0.5, 0.6) is 11.5 Å². The molecule has 5 aromatic rings. The van der Waals surface area contributed by atoms with Gasteiger partial charge in [-0.1, -0.05) is 54.1 Å². The maximum absolute atomic E-state index is 13.8. The smallest absolute Gasteiger partial charge is 0.296 e. The van der Waals surface area contributed by atoms with Crippen molar-refractivity contribution in [3.05, 3.63) is 129 Å². The molecule has 3 heterocycles. The number of aryl methyl sites for hydroxylation is 1. The molecule has 1 amide bonds. The summed E-state index contributed by atoms with van der Waals surface area (Å²) in [6, 6.07) is 25.2. The number of benzene rings is 3.